The number of nitro benzene ring substituents is 1. The number of anilines is 1. The maximum Gasteiger partial charge on any atom is 0.293 e. The molecule has 1 atom stereocenters. The van der Waals surface area contributed by atoms with E-state index in [-0.39, 0.29) is 28.8 Å². The number of hydrogen-bond donors (Lipinski definition) is 2. The molecular formula is C17H23N5O3. The molecule has 0 radical (unpaired) electrons. The number of aromatic nitrogens is 2. The van der Waals surface area contributed by atoms with Crippen molar-refractivity contribution in [3.8, 4) is 0 Å². The fourth-order valence-corrected chi connectivity index (χ4v) is 2.18. The van der Waals surface area contributed by atoms with Crippen molar-refractivity contribution in [3.05, 3.63) is 52.1 Å². The first-order valence-electron chi connectivity index (χ1n) is 7.96. The van der Waals surface area contributed by atoms with Gasteiger partial charge in [0.15, 0.2) is 5.82 Å². The van der Waals surface area contributed by atoms with E-state index in [9.17, 15) is 14.9 Å². The summed E-state index contributed by atoms with van der Waals surface area (Å²) >= 11 is 0. The molecule has 0 aliphatic heterocycles. The molecule has 1 heterocycles. The third-order valence-electron chi connectivity index (χ3n) is 4.46. The number of imidazole rings is 1. The van der Waals surface area contributed by atoms with Gasteiger partial charge in [-0.05, 0) is 25.0 Å². The van der Waals surface area contributed by atoms with Crippen molar-refractivity contribution in [2.75, 3.05) is 11.9 Å². The van der Waals surface area contributed by atoms with Crippen molar-refractivity contribution < 1.29 is 9.72 Å². The molecule has 1 aromatic carbocycles. The van der Waals surface area contributed by atoms with Gasteiger partial charge in [0.05, 0.1) is 4.92 Å². The third-order valence-corrected chi connectivity index (χ3v) is 4.46. The lowest BCUT2D eigenvalue weighted by atomic mass is 9.89. The van der Waals surface area contributed by atoms with Crippen LogP contribution in [-0.2, 0) is 7.05 Å². The van der Waals surface area contributed by atoms with Crippen molar-refractivity contribution in [1.29, 1.82) is 0 Å². The zero-order chi connectivity index (χ0) is 18.8. The highest BCUT2D eigenvalue weighted by atomic mass is 16.6. The molecule has 0 aliphatic carbocycles. The Morgan fingerprint density at radius 1 is 1.48 bits per heavy atom. The van der Waals surface area contributed by atoms with Crippen molar-refractivity contribution in [1.82, 2.24) is 9.55 Å². The smallest absolute Gasteiger partial charge is 0.293 e. The van der Waals surface area contributed by atoms with E-state index in [4.69, 9.17) is 5.73 Å². The van der Waals surface area contributed by atoms with Gasteiger partial charge in [-0.2, -0.15) is 0 Å². The predicted octanol–water partition coefficient (Wildman–Crippen LogP) is 2.34. The third kappa shape index (κ3) is 4.03. The van der Waals surface area contributed by atoms with E-state index in [0.717, 1.165) is 0 Å². The molecule has 2 aromatic rings. The van der Waals surface area contributed by atoms with E-state index in [0.29, 0.717) is 12.2 Å². The molecule has 0 spiro atoms. The van der Waals surface area contributed by atoms with Gasteiger partial charge < -0.3 is 15.6 Å². The number of ketones is 1. The van der Waals surface area contributed by atoms with Gasteiger partial charge in [0.25, 0.3) is 5.69 Å². The molecule has 0 saturated carbocycles. The van der Waals surface area contributed by atoms with Gasteiger partial charge in [-0.25, -0.2) is 4.98 Å². The van der Waals surface area contributed by atoms with Crippen LogP contribution >= 0.6 is 0 Å². The minimum absolute atomic E-state index is 0.167. The lowest BCUT2D eigenvalue weighted by Crippen LogP contribution is -2.47. The molecular weight excluding hydrogens is 322 g/mol. The molecule has 0 fully saturated rings. The van der Waals surface area contributed by atoms with Crippen LogP contribution in [0.15, 0.2) is 30.6 Å². The van der Waals surface area contributed by atoms with Gasteiger partial charge >= 0.3 is 0 Å². The number of nitrogens with one attached hydrogen (secondary N) is 1. The number of aryl methyl sites for hydroxylation is 1. The van der Waals surface area contributed by atoms with Crippen LogP contribution in [0, 0.1) is 16.0 Å². The van der Waals surface area contributed by atoms with Gasteiger partial charge in [0.2, 0.25) is 5.78 Å². The van der Waals surface area contributed by atoms with Crippen LogP contribution in [0.3, 0.4) is 0 Å². The summed E-state index contributed by atoms with van der Waals surface area (Å²) < 4.78 is 1.57. The van der Waals surface area contributed by atoms with Crippen LogP contribution in [0.2, 0.25) is 0 Å². The van der Waals surface area contributed by atoms with E-state index >= 15 is 0 Å². The molecule has 0 aliphatic rings. The Kier molecular flexibility index (Phi) is 5.22. The van der Waals surface area contributed by atoms with Crippen LogP contribution in [0.1, 0.15) is 37.0 Å². The van der Waals surface area contributed by atoms with Gasteiger partial charge in [-0.1, -0.05) is 13.8 Å². The summed E-state index contributed by atoms with van der Waals surface area (Å²) in [5, 5.41) is 14.4. The molecule has 8 nitrogen and oxygen atoms in total. The van der Waals surface area contributed by atoms with Crippen LogP contribution < -0.4 is 11.1 Å². The van der Waals surface area contributed by atoms with Crippen molar-refractivity contribution >= 4 is 17.2 Å². The molecule has 8 heteroatoms. The average molecular weight is 345 g/mol. The number of nitrogens with zero attached hydrogens (tertiary/aromatic N) is 3. The van der Waals surface area contributed by atoms with Crippen molar-refractivity contribution in [2.24, 2.45) is 18.7 Å². The standard InChI is InChI=1S/C17H23N5O3/c1-11(2)17(3,18)10-20-13-6-5-12(9-14(13)22(24)25)15(23)16-19-7-8-21(16)4/h5-9,11,20H,10,18H2,1-4H3/t17-/m1/s1. The minimum Gasteiger partial charge on any atom is -0.378 e. The van der Waals surface area contributed by atoms with E-state index < -0.39 is 10.5 Å². The van der Waals surface area contributed by atoms with Crippen molar-refractivity contribution in [3.63, 3.8) is 0 Å². The summed E-state index contributed by atoms with van der Waals surface area (Å²) in [5.74, 6) is 0.0562. The summed E-state index contributed by atoms with van der Waals surface area (Å²) in [6.07, 6.45) is 3.15. The molecule has 0 unspecified atom stereocenters. The minimum atomic E-state index is -0.519. The first kappa shape index (κ1) is 18.6. The number of benzene rings is 1. The first-order chi connectivity index (χ1) is 11.6. The first-order valence-corrected chi connectivity index (χ1v) is 7.96. The lowest BCUT2D eigenvalue weighted by Gasteiger charge is -2.29. The maximum atomic E-state index is 12.5. The van der Waals surface area contributed by atoms with E-state index in [1.165, 1.54) is 18.3 Å². The predicted molar refractivity (Wildman–Crippen MR) is 95.7 cm³/mol. The second kappa shape index (κ2) is 7.02. The number of carbonyl (C=O) groups excluding carboxylic acids is 1. The molecule has 134 valence electrons. The molecule has 0 bridgehead atoms. The fraction of sp³-hybridized carbons (Fsp3) is 0.412. The van der Waals surface area contributed by atoms with Gasteiger partial charge in [0.1, 0.15) is 5.69 Å². The van der Waals surface area contributed by atoms with E-state index in [1.807, 2.05) is 20.8 Å². The van der Waals surface area contributed by atoms with Gasteiger partial charge in [-0.3, -0.25) is 14.9 Å². The Labute approximate surface area is 146 Å². The molecule has 0 saturated heterocycles. The lowest BCUT2D eigenvalue weighted by molar-refractivity contribution is -0.384. The van der Waals surface area contributed by atoms with Crippen LogP contribution in [0.4, 0.5) is 11.4 Å². The summed E-state index contributed by atoms with van der Waals surface area (Å²) in [6, 6.07) is 4.35. The zero-order valence-corrected chi connectivity index (χ0v) is 14.8. The summed E-state index contributed by atoms with van der Waals surface area (Å²) in [4.78, 5) is 27.4. The highest BCUT2D eigenvalue weighted by Gasteiger charge is 2.25. The van der Waals surface area contributed by atoms with E-state index in [2.05, 4.69) is 10.3 Å². The Morgan fingerprint density at radius 2 is 2.16 bits per heavy atom. The molecule has 2 rings (SSSR count). The summed E-state index contributed by atoms with van der Waals surface area (Å²) in [5.41, 5.74) is 6.06. The van der Waals surface area contributed by atoms with Gasteiger partial charge in [0, 0.05) is 43.2 Å². The maximum absolute atomic E-state index is 12.5. The number of carbonyl (C=O) groups is 1. The monoisotopic (exact) mass is 345 g/mol. The SMILES string of the molecule is CC(C)[C@](C)(N)CNc1ccc(C(=O)c2nccn2C)cc1[N+](=O)[O-]. The largest absolute Gasteiger partial charge is 0.378 e. The Morgan fingerprint density at radius 3 is 2.68 bits per heavy atom. The Hall–Kier alpha value is -2.74. The number of nitro groups is 1. The Balaban J connectivity index is 2.31. The number of nitrogens with two attached hydrogens (primary N) is 1. The quantitative estimate of drug-likeness (QED) is 0.452. The number of rotatable bonds is 7. The topological polar surface area (TPSA) is 116 Å². The summed E-state index contributed by atoms with van der Waals surface area (Å²) in [7, 11) is 1.69. The van der Waals surface area contributed by atoms with E-state index in [1.54, 1.807) is 23.9 Å². The zero-order valence-electron chi connectivity index (χ0n) is 14.8. The summed E-state index contributed by atoms with van der Waals surface area (Å²) in [6.45, 7) is 6.24. The fourth-order valence-electron chi connectivity index (χ4n) is 2.18. The van der Waals surface area contributed by atoms with Crippen LogP contribution in [-0.4, -0.2) is 32.3 Å². The highest BCUT2D eigenvalue weighted by Crippen LogP contribution is 2.27. The second-order valence-electron chi connectivity index (χ2n) is 6.69. The van der Waals surface area contributed by atoms with Crippen molar-refractivity contribution in [2.45, 2.75) is 26.3 Å². The average Bonchev–Trinajstić information content (AvgIpc) is 2.98. The second-order valence-corrected chi connectivity index (χ2v) is 6.69. The van der Waals surface area contributed by atoms with Crippen LogP contribution in [0.25, 0.3) is 0 Å². The number of hydrogen-bond acceptors (Lipinski definition) is 6. The highest BCUT2D eigenvalue weighted by molar-refractivity contribution is 6.07. The molecule has 3 N–H and O–H groups in total. The molecule has 1 aromatic heterocycles. The molecule has 0 amide bonds. The molecule has 25 heavy (non-hydrogen) atoms. The normalized spacial score (nSPS) is 13.5. The Bertz CT molecular complexity index is 795. The van der Waals surface area contributed by atoms with Crippen LogP contribution in [0.5, 0.6) is 0 Å². The van der Waals surface area contributed by atoms with Gasteiger partial charge in [-0.15, -0.1) is 0 Å².